The van der Waals surface area contributed by atoms with Gasteiger partial charge in [-0.2, -0.15) is 0 Å². The van der Waals surface area contributed by atoms with Gasteiger partial charge in [-0.3, -0.25) is 10.1 Å². The number of carbonyl (C=O) groups is 1. The van der Waals surface area contributed by atoms with Gasteiger partial charge in [0.25, 0.3) is 5.70 Å². The number of methoxy groups -OCH3 is 2. The highest BCUT2D eigenvalue weighted by atomic mass is 16.6. The first-order chi connectivity index (χ1) is 10.9. The minimum atomic E-state index is -0.866. The van der Waals surface area contributed by atoms with E-state index in [0.717, 1.165) is 0 Å². The van der Waals surface area contributed by atoms with Gasteiger partial charge in [0, 0.05) is 11.3 Å². The van der Waals surface area contributed by atoms with Crippen LogP contribution in [0.25, 0.3) is 0 Å². The molecule has 0 bridgehead atoms. The molecule has 122 valence electrons. The topological polar surface area (TPSA) is 90.7 Å². The first-order valence-electron chi connectivity index (χ1n) is 6.96. The van der Waals surface area contributed by atoms with Crippen LogP contribution in [0.1, 0.15) is 25.3 Å². The summed E-state index contributed by atoms with van der Waals surface area (Å²) in [6.07, 6.45) is 0. The maximum atomic E-state index is 12.2. The fraction of sp³-hybridized carbons (Fsp3) is 0.312. The molecule has 1 aromatic carbocycles. The number of hydrogen-bond acceptors (Lipinski definition) is 6. The Morgan fingerprint density at radius 2 is 1.87 bits per heavy atom. The van der Waals surface area contributed by atoms with E-state index >= 15 is 0 Å². The maximum Gasteiger partial charge on any atom is 0.336 e. The van der Waals surface area contributed by atoms with Gasteiger partial charge in [-0.05, 0) is 19.9 Å². The molecule has 1 aliphatic heterocycles. The lowest BCUT2D eigenvalue weighted by Crippen LogP contribution is -2.31. The second-order valence-corrected chi connectivity index (χ2v) is 5.10. The number of hydrogen-bond donors (Lipinski definition) is 1. The first kappa shape index (κ1) is 16.5. The molecule has 23 heavy (non-hydrogen) atoms. The lowest BCUT2D eigenvalue weighted by Gasteiger charge is -2.27. The largest absolute Gasteiger partial charge is 0.496 e. The van der Waals surface area contributed by atoms with E-state index < -0.39 is 16.8 Å². The zero-order valence-electron chi connectivity index (χ0n) is 13.4. The van der Waals surface area contributed by atoms with E-state index in [9.17, 15) is 14.9 Å². The summed E-state index contributed by atoms with van der Waals surface area (Å²) in [5.41, 5.74) is 1.56. The van der Waals surface area contributed by atoms with E-state index in [1.54, 1.807) is 38.1 Å². The lowest BCUT2D eigenvalue weighted by molar-refractivity contribution is -0.431. The van der Waals surface area contributed by atoms with Gasteiger partial charge in [-0.1, -0.05) is 18.2 Å². The van der Waals surface area contributed by atoms with Crippen LogP contribution in [0.15, 0.2) is 46.9 Å². The van der Waals surface area contributed by atoms with E-state index in [2.05, 4.69) is 5.32 Å². The maximum absolute atomic E-state index is 12.2. The quantitative estimate of drug-likeness (QED) is 0.520. The molecule has 0 spiro atoms. The Morgan fingerprint density at radius 1 is 1.22 bits per heavy atom. The zero-order chi connectivity index (χ0) is 17.1. The van der Waals surface area contributed by atoms with Crippen LogP contribution >= 0.6 is 0 Å². The third kappa shape index (κ3) is 2.90. The number of allylic oxidation sites excluding steroid dienone is 3. The number of nitrogens with one attached hydrogen (secondary N) is 1. The Labute approximate surface area is 133 Å². The highest BCUT2D eigenvalue weighted by Crippen LogP contribution is 2.42. The predicted octanol–water partition coefficient (Wildman–Crippen LogP) is 2.34. The van der Waals surface area contributed by atoms with Crippen LogP contribution in [0.2, 0.25) is 0 Å². The van der Waals surface area contributed by atoms with Crippen molar-refractivity contribution in [1.29, 1.82) is 0 Å². The summed E-state index contributed by atoms with van der Waals surface area (Å²) in [5.74, 6) is -1.01. The Balaban J connectivity index is 2.75. The van der Waals surface area contributed by atoms with Crippen LogP contribution in [0.4, 0.5) is 0 Å². The van der Waals surface area contributed by atoms with Crippen molar-refractivity contribution in [2.75, 3.05) is 14.2 Å². The van der Waals surface area contributed by atoms with Crippen molar-refractivity contribution in [3.8, 4) is 5.75 Å². The molecule has 0 fully saturated rings. The molecule has 7 nitrogen and oxygen atoms in total. The van der Waals surface area contributed by atoms with E-state index in [1.165, 1.54) is 14.2 Å². The molecule has 1 aliphatic rings. The summed E-state index contributed by atoms with van der Waals surface area (Å²) >= 11 is 0. The minimum Gasteiger partial charge on any atom is -0.496 e. The Kier molecular flexibility index (Phi) is 4.68. The van der Waals surface area contributed by atoms with Gasteiger partial charge in [-0.15, -0.1) is 0 Å². The zero-order valence-corrected chi connectivity index (χ0v) is 13.4. The highest BCUT2D eigenvalue weighted by molar-refractivity contribution is 5.92. The van der Waals surface area contributed by atoms with Crippen LogP contribution in [0, 0.1) is 10.1 Å². The molecule has 0 radical (unpaired) electrons. The number of nitro groups is 1. The van der Waals surface area contributed by atoms with Crippen molar-refractivity contribution in [3.05, 3.63) is 62.6 Å². The molecular weight excluding hydrogens is 300 g/mol. The molecule has 1 heterocycles. The second kappa shape index (κ2) is 6.51. The third-order valence-electron chi connectivity index (χ3n) is 3.78. The van der Waals surface area contributed by atoms with E-state index in [-0.39, 0.29) is 11.3 Å². The van der Waals surface area contributed by atoms with E-state index in [0.29, 0.717) is 22.7 Å². The Bertz CT molecular complexity index is 721. The molecule has 0 saturated carbocycles. The molecule has 0 saturated heterocycles. The fourth-order valence-electron chi connectivity index (χ4n) is 2.81. The first-order valence-corrected chi connectivity index (χ1v) is 6.96. The number of esters is 1. The molecule has 7 heteroatoms. The van der Waals surface area contributed by atoms with E-state index in [1.807, 2.05) is 0 Å². The molecule has 1 N–H and O–H groups in total. The van der Waals surface area contributed by atoms with Gasteiger partial charge in [0.15, 0.2) is 0 Å². The SMILES string of the molecule is COC(=O)C1=C(C)NC(C)=C([N+](=O)[O-])C1c1ccccc1OC. The van der Waals surface area contributed by atoms with Gasteiger partial charge in [0.2, 0.25) is 0 Å². The van der Waals surface area contributed by atoms with Crippen molar-refractivity contribution in [3.63, 3.8) is 0 Å². The van der Waals surface area contributed by atoms with E-state index in [4.69, 9.17) is 9.47 Å². The molecule has 0 amide bonds. The van der Waals surface area contributed by atoms with Crippen molar-refractivity contribution >= 4 is 5.97 Å². The molecule has 1 unspecified atom stereocenters. The second-order valence-electron chi connectivity index (χ2n) is 5.10. The number of para-hydroxylation sites is 1. The van der Waals surface area contributed by atoms with Gasteiger partial charge < -0.3 is 14.8 Å². The Morgan fingerprint density at radius 3 is 2.43 bits per heavy atom. The molecule has 2 rings (SSSR count). The van der Waals surface area contributed by atoms with Crippen molar-refractivity contribution in [2.45, 2.75) is 19.8 Å². The number of dihydropyridines is 1. The van der Waals surface area contributed by atoms with Crippen LogP contribution < -0.4 is 10.1 Å². The smallest absolute Gasteiger partial charge is 0.336 e. The van der Waals surface area contributed by atoms with Gasteiger partial charge in [-0.25, -0.2) is 4.79 Å². The summed E-state index contributed by atoms with van der Waals surface area (Å²) in [6.45, 7) is 3.30. The fourth-order valence-corrected chi connectivity index (χ4v) is 2.81. The number of rotatable bonds is 4. The molecule has 1 aromatic rings. The highest BCUT2D eigenvalue weighted by Gasteiger charge is 2.41. The van der Waals surface area contributed by atoms with Gasteiger partial charge >= 0.3 is 5.97 Å². The molecule has 0 aromatic heterocycles. The lowest BCUT2D eigenvalue weighted by atomic mass is 9.83. The predicted molar refractivity (Wildman–Crippen MR) is 83.3 cm³/mol. The monoisotopic (exact) mass is 318 g/mol. The average Bonchev–Trinajstić information content (AvgIpc) is 2.52. The normalized spacial score (nSPS) is 17.7. The van der Waals surface area contributed by atoms with Crippen LogP contribution in [-0.4, -0.2) is 25.1 Å². The van der Waals surface area contributed by atoms with Crippen LogP contribution in [0.5, 0.6) is 5.75 Å². The van der Waals surface area contributed by atoms with Gasteiger partial charge in [0.1, 0.15) is 11.7 Å². The number of nitrogens with zero attached hydrogens (tertiary/aromatic N) is 1. The summed E-state index contributed by atoms with van der Waals surface area (Å²) in [5, 5.41) is 14.5. The number of carbonyl (C=O) groups excluding carboxylic acids is 1. The standard InChI is InChI=1S/C16H18N2O5/c1-9-13(16(19)23-4)14(15(18(20)21)10(2)17-9)11-7-5-6-8-12(11)22-3/h5-8,14,17H,1-4H3. The third-order valence-corrected chi connectivity index (χ3v) is 3.78. The Hall–Kier alpha value is -2.83. The summed E-state index contributed by atoms with van der Waals surface area (Å²) in [4.78, 5) is 23.4. The number of ether oxygens (including phenoxy) is 2. The number of benzene rings is 1. The summed E-state index contributed by atoms with van der Waals surface area (Å²) in [6, 6.07) is 6.92. The summed E-state index contributed by atoms with van der Waals surface area (Å²) in [7, 11) is 2.73. The molecule has 1 atom stereocenters. The van der Waals surface area contributed by atoms with Gasteiger partial charge in [0.05, 0.1) is 30.4 Å². The van der Waals surface area contributed by atoms with Crippen LogP contribution in [0.3, 0.4) is 0 Å². The van der Waals surface area contributed by atoms with Crippen molar-refractivity contribution in [2.24, 2.45) is 0 Å². The van der Waals surface area contributed by atoms with Crippen molar-refractivity contribution in [1.82, 2.24) is 5.32 Å². The van der Waals surface area contributed by atoms with Crippen LogP contribution in [-0.2, 0) is 9.53 Å². The minimum absolute atomic E-state index is 0.0968. The summed E-state index contributed by atoms with van der Waals surface area (Å²) < 4.78 is 10.1. The molecule has 0 aliphatic carbocycles. The average molecular weight is 318 g/mol. The van der Waals surface area contributed by atoms with Crippen molar-refractivity contribution < 1.29 is 19.2 Å². The molecular formula is C16H18N2O5.